The summed E-state index contributed by atoms with van der Waals surface area (Å²) in [4.78, 5) is 31.7. The molecule has 9 nitrogen and oxygen atoms in total. The molecule has 3 rings (SSSR count). The van der Waals surface area contributed by atoms with Crippen LogP contribution in [0.25, 0.3) is 0 Å². The van der Waals surface area contributed by atoms with E-state index in [1.165, 1.54) is 11.1 Å². The minimum Gasteiger partial charge on any atom is -0.507 e. The van der Waals surface area contributed by atoms with Gasteiger partial charge in [0.1, 0.15) is 5.75 Å². The number of benzene rings is 1. The molecule has 142 valence electrons. The monoisotopic (exact) mass is 434 g/mol. The lowest BCUT2D eigenvalue weighted by molar-refractivity contribution is -0.127. The maximum atomic E-state index is 12.3. The molecule has 2 unspecified atom stereocenters. The van der Waals surface area contributed by atoms with Crippen LogP contribution in [0.2, 0.25) is 0 Å². The summed E-state index contributed by atoms with van der Waals surface area (Å²) in [6.45, 7) is 6.10. The van der Waals surface area contributed by atoms with Crippen molar-refractivity contribution in [3.63, 3.8) is 0 Å². The van der Waals surface area contributed by atoms with Crippen LogP contribution < -0.4 is 10.7 Å². The summed E-state index contributed by atoms with van der Waals surface area (Å²) in [7, 11) is 1.58. The van der Waals surface area contributed by atoms with Gasteiger partial charge in [0.05, 0.1) is 6.21 Å². The quantitative estimate of drug-likeness (QED) is 0.374. The standard InChI is InChI=1S/C17H19BrN6O3/c1-9(2)8-24-13-14(23(3)17(27)21-15(13)26)20-16(24)22-19-7-10-6-11(18)4-5-12(10)25/h4-7,13-14,25H,1,8H2,2-3H3,(H,20,22)(H,21,26,27)/b19-7+. The van der Waals surface area contributed by atoms with Crippen LogP contribution in [0.4, 0.5) is 4.79 Å². The van der Waals surface area contributed by atoms with Gasteiger partial charge in [-0.1, -0.05) is 28.1 Å². The zero-order chi connectivity index (χ0) is 19.7. The zero-order valence-electron chi connectivity index (χ0n) is 14.8. The fourth-order valence-corrected chi connectivity index (χ4v) is 3.25. The Morgan fingerprint density at radius 2 is 2.26 bits per heavy atom. The fourth-order valence-electron chi connectivity index (χ4n) is 2.87. The van der Waals surface area contributed by atoms with Gasteiger partial charge in [-0.15, -0.1) is 0 Å². The second kappa shape index (κ2) is 7.39. The number of phenols is 1. The van der Waals surface area contributed by atoms with E-state index in [0.717, 1.165) is 10.0 Å². The Bertz CT molecular complexity index is 868. The number of aromatic hydroxyl groups is 1. The average Bonchev–Trinajstić information content (AvgIpc) is 2.94. The number of halogens is 1. The van der Waals surface area contributed by atoms with Crippen molar-refractivity contribution in [3.8, 4) is 5.75 Å². The Kier molecular flexibility index (Phi) is 5.17. The number of urea groups is 1. The number of amides is 3. The van der Waals surface area contributed by atoms with Crippen LogP contribution in [0.15, 0.2) is 44.9 Å². The first-order valence-electron chi connectivity index (χ1n) is 8.12. The molecule has 2 aliphatic heterocycles. The number of likely N-dealkylation sites (N-methyl/N-ethyl adjacent to an activating group) is 1. The molecule has 27 heavy (non-hydrogen) atoms. The van der Waals surface area contributed by atoms with Gasteiger partial charge in [0.25, 0.3) is 5.91 Å². The van der Waals surface area contributed by atoms with E-state index in [0.29, 0.717) is 18.1 Å². The number of hydrazone groups is 1. The molecule has 0 saturated carbocycles. The number of aliphatic imine (C=N–C) groups is 1. The summed E-state index contributed by atoms with van der Waals surface area (Å²) in [6, 6.07) is 3.81. The van der Waals surface area contributed by atoms with Crippen molar-refractivity contribution in [3.05, 3.63) is 40.4 Å². The van der Waals surface area contributed by atoms with E-state index >= 15 is 0 Å². The molecule has 1 saturated heterocycles. The predicted molar refractivity (Wildman–Crippen MR) is 104 cm³/mol. The molecule has 10 heteroatoms. The minimum absolute atomic E-state index is 0.0780. The molecule has 0 radical (unpaired) electrons. The summed E-state index contributed by atoms with van der Waals surface area (Å²) >= 11 is 3.33. The number of rotatable bonds is 4. The van der Waals surface area contributed by atoms with Gasteiger partial charge in [0, 0.05) is 23.6 Å². The number of guanidine groups is 1. The van der Waals surface area contributed by atoms with E-state index in [1.807, 2.05) is 6.92 Å². The number of nitrogens with one attached hydrogen (secondary N) is 2. The molecule has 1 aromatic rings. The van der Waals surface area contributed by atoms with Crippen LogP contribution >= 0.6 is 15.9 Å². The van der Waals surface area contributed by atoms with Crippen molar-refractivity contribution in [2.75, 3.05) is 13.6 Å². The highest BCUT2D eigenvalue weighted by molar-refractivity contribution is 9.10. The summed E-state index contributed by atoms with van der Waals surface area (Å²) in [5, 5.41) is 16.3. The Labute approximate surface area is 164 Å². The summed E-state index contributed by atoms with van der Waals surface area (Å²) < 4.78 is 0.798. The van der Waals surface area contributed by atoms with Crippen molar-refractivity contribution >= 4 is 40.0 Å². The van der Waals surface area contributed by atoms with E-state index in [-0.39, 0.29) is 5.75 Å². The van der Waals surface area contributed by atoms with Crippen molar-refractivity contribution in [1.29, 1.82) is 0 Å². The topological polar surface area (TPSA) is 110 Å². The number of carbonyl (C=O) groups excluding carboxylic acids is 2. The molecule has 3 N–H and O–H groups in total. The number of hydrogen-bond donors (Lipinski definition) is 3. The number of phenolic OH excluding ortho intramolecular Hbond substituents is 1. The molecule has 0 aromatic heterocycles. The lowest BCUT2D eigenvalue weighted by atomic mass is 10.1. The fraction of sp³-hybridized carbons (Fsp3) is 0.294. The number of hydrogen-bond acceptors (Lipinski definition) is 7. The van der Waals surface area contributed by atoms with Gasteiger partial charge in [-0.25, -0.2) is 15.2 Å². The molecule has 2 atom stereocenters. The number of imide groups is 1. The van der Waals surface area contributed by atoms with Gasteiger partial charge >= 0.3 is 6.03 Å². The highest BCUT2D eigenvalue weighted by Gasteiger charge is 2.48. The second-order valence-electron chi connectivity index (χ2n) is 6.37. The highest BCUT2D eigenvalue weighted by Crippen LogP contribution is 2.24. The van der Waals surface area contributed by atoms with Crippen molar-refractivity contribution < 1.29 is 14.7 Å². The molecular weight excluding hydrogens is 416 g/mol. The van der Waals surface area contributed by atoms with E-state index in [4.69, 9.17) is 0 Å². The Hall–Kier alpha value is -2.88. The Morgan fingerprint density at radius 1 is 1.52 bits per heavy atom. The maximum absolute atomic E-state index is 12.3. The lowest BCUT2D eigenvalue weighted by Crippen LogP contribution is -2.64. The summed E-state index contributed by atoms with van der Waals surface area (Å²) in [5.74, 6) is 0.00299. The number of fused-ring (bicyclic) bond motifs is 1. The van der Waals surface area contributed by atoms with E-state index in [9.17, 15) is 14.7 Å². The van der Waals surface area contributed by atoms with Gasteiger partial charge in [0.15, 0.2) is 12.2 Å². The SMILES string of the molecule is C=C(C)CN1C(N/N=C/c2cc(Br)ccc2O)=NC2C1C(=O)NC(=O)N2C. The smallest absolute Gasteiger partial charge is 0.325 e. The first kappa shape index (κ1) is 18.9. The van der Waals surface area contributed by atoms with Crippen molar-refractivity contribution in [2.45, 2.75) is 19.1 Å². The van der Waals surface area contributed by atoms with Crippen LogP contribution in [-0.2, 0) is 4.79 Å². The van der Waals surface area contributed by atoms with Crippen LogP contribution in [0, 0.1) is 0 Å². The van der Waals surface area contributed by atoms with E-state index in [1.54, 1.807) is 30.1 Å². The number of carbonyl (C=O) groups is 2. The minimum atomic E-state index is -0.665. The molecule has 0 bridgehead atoms. The Morgan fingerprint density at radius 3 is 2.96 bits per heavy atom. The zero-order valence-corrected chi connectivity index (χ0v) is 16.4. The van der Waals surface area contributed by atoms with Gasteiger partial charge < -0.3 is 14.9 Å². The molecule has 1 aromatic carbocycles. The first-order valence-corrected chi connectivity index (χ1v) is 8.91. The normalized spacial score (nSPS) is 22.0. The molecule has 1 fully saturated rings. The summed E-state index contributed by atoms with van der Waals surface area (Å²) in [5.41, 5.74) is 4.13. The number of nitrogens with zero attached hydrogens (tertiary/aromatic N) is 4. The molecule has 0 spiro atoms. The van der Waals surface area contributed by atoms with E-state index < -0.39 is 24.1 Å². The van der Waals surface area contributed by atoms with Gasteiger partial charge in [0.2, 0.25) is 5.96 Å². The molecule has 2 aliphatic rings. The maximum Gasteiger partial charge on any atom is 0.325 e. The third kappa shape index (κ3) is 3.80. The highest BCUT2D eigenvalue weighted by atomic mass is 79.9. The molecule has 3 amide bonds. The van der Waals surface area contributed by atoms with Crippen LogP contribution in [0.3, 0.4) is 0 Å². The van der Waals surface area contributed by atoms with Crippen LogP contribution in [-0.4, -0.2) is 64.8 Å². The third-order valence-electron chi connectivity index (χ3n) is 4.16. The first-order chi connectivity index (χ1) is 12.8. The van der Waals surface area contributed by atoms with Crippen LogP contribution in [0.1, 0.15) is 12.5 Å². The third-order valence-corrected chi connectivity index (χ3v) is 4.65. The molecule has 2 heterocycles. The molecule has 0 aliphatic carbocycles. The Balaban J connectivity index is 1.84. The molecular formula is C17H19BrN6O3. The van der Waals surface area contributed by atoms with Gasteiger partial charge in [-0.3, -0.25) is 10.1 Å². The second-order valence-corrected chi connectivity index (χ2v) is 7.29. The van der Waals surface area contributed by atoms with Crippen LogP contribution in [0.5, 0.6) is 5.75 Å². The average molecular weight is 435 g/mol. The van der Waals surface area contributed by atoms with E-state index in [2.05, 4.69) is 43.3 Å². The van der Waals surface area contributed by atoms with Crippen molar-refractivity contribution in [1.82, 2.24) is 20.5 Å². The van der Waals surface area contributed by atoms with Crippen molar-refractivity contribution in [2.24, 2.45) is 10.1 Å². The summed E-state index contributed by atoms with van der Waals surface area (Å²) in [6.07, 6.45) is 0.793. The largest absolute Gasteiger partial charge is 0.507 e. The lowest BCUT2D eigenvalue weighted by Gasteiger charge is -2.36. The predicted octanol–water partition coefficient (Wildman–Crippen LogP) is 1.20. The van der Waals surface area contributed by atoms with Gasteiger partial charge in [-0.2, -0.15) is 5.10 Å². The van der Waals surface area contributed by atoms with Gasteiger partial charge in [-0.05, 0) is 25.1 Å².